The zero-order valence-corrected chi connectivity index (χ0v) is 19.4. The van der Waals surface area contributed by atoms with Crippen LogP contribution in [0, 0.1) is 0 Å². The lowest BCUT2D eigenvalue weighted by atomic mass is 10.1. The fourth-order valence-electron chi connectivity index (χ4n) is 3.21. The maximum Gasteiger partial charge on any atom is 0.257 e. The van der Waals surface area contributed by atoms with Crippen LogP contribution >= 0.6 is 23.2 Å². The van der Waals surface area contributed by atoms with Crippen LogP contribution in [-0.2, 0) is 14.8 Å². The van der Waals surface area contributed by atoms with Crippen molar-refractivity contribution in [3.63, 3.8) is 0 Å². The summed E-state index contributed by atoms with van der Waals surface area (Å²) in [5, 5.41) is 0.468. The summed E-state index contributed by atoms with van der Waals surface area (Å²) in [6.45, 7) is 4.18. The van der Waals surface area contributed by atoms with Gasteiger partial charge in [0.15, 0.2) is 0 Å². The molecule has 31 heavy (non-hydrogen) atoms. The molecule has 0 radical (unpaired) electrons. The molecule has 1 heterocycles. The molecule has 0 spiro atoms. The predicted molar refractivity (Wildman–Crippen MR) is 120 cm³/mol. The van der Waals surface area contributed by atoms with Gasteiger partial charge in [-0.3, -0.25) is 4.79 Å². The molecule has 1 amide bonds. The maximum absolute atomic E-state index is 13.0. The molecule has 2 aromatic carbocycles. The van der Waals surface area contributed by atoms with E-state index in [4.69, 9.17) is 32.7 Å². The van der Waals surface area contributed by atoms with Gasteiger partial charge in [-0.15, -0.1) is 0 Å². The molecule has 0 unspecified atom stereocenters. The number of amides is 1. The molecule has 0 bridgehead atoms. The zero-order chi connectivity index (χ0) is 22.4. The molecule has 168 valence electrons. The Hall–Kier alpha value is -1.84. The number of hydrogen-bond acceptors (Lipinski definition) is 5. The number of carbonyl (C=O) groups is 1. The maximum atomic E-state index is 13.0. The van der Waals surface area contributed by atoms with E-state index in [1.165, 1.54) is 22.5 Å². The number of rotatable bonds is 8. The fourth-order valence-corrected chi connectivity index (χ4v) is 5.02. The Morgan fingerprint density at radius 3 is 2.39 bits per heavy atom. The van der Waals surface area contributed by atoms with Gasteiger partial charge in [-0.1, -0.05) is 35.3 Å². The molecule has 1 aliphatic rings. The Balaban J connectivity index is 1.65. The van der Waals surface area contributed by atoms with Crippen molar-refractivity contribution in [1.29, 1.82) is 0 Å². The lowest BCUT2D eigenvalue weighted by molar-refractivity contribution is 0.0688. The first-order chi connectivity index (χ1) is 14.8. The summed E-state index contributed by atoms with van der Waals surface area (Å²) in [4.78, 5) is 14.7. The lowest BCUT2D eigenvalue weighted by Crippen LogP contribution is -2.50. The number of sulfonamides is 1. The summed E-state index contributed by atoms with van der Waals surface area (Å²) < 4.78 is 38.1. The quantitative estimate of drug-likeness (QED) is 0.533. The van der Waals surface area contributed by atoms with Gasteiger partial charge in [-0.2, -0.15) is 4.31 Å². The van der Waals surface area contributed by atoms with Crippen LogP contribution in [0.1, 0.15) is 17.3 Å². The minimum absolute atomic E-state index is 0.0784. The van der Waals surface area contributed by atoms with Gasteiger partial charge in [0.05, 0.1) is 27.1 Å². The highest BCUT2D eigenvalue weighted by Crippen LogP contribution is 2.27. The highest BCUT2D eigenvalue weighted by Gasteiger charge is 2.31. The molecule has 7 nitrogen and oxygen atoms in total. The highest BCUT2D eigenvalue weighted by atomic mass is 35.5. The predicted octanol–water partition coefficient (Wildman–Crippen LogP) is 3.56. The van der Waals surface area contributed by atoms with E-state index < -0.39 is 10.0 Å². The van der Waals surface area contributed by atoms with Gasteiger partial charge in [-0.05, 0) is 37.3 Å². The van der Waals surface area contributed by atoms with Gasteiger partial charge in [0.2, 0.25) is 10.0 Å². The van der Waals surface area contributed by atoms with Gasteiger partial charge in [-0.25, -0.2) is 8.42 Å². The number of ether oxygens (including phenoxy) is 2. The molecule has 0 saturated carbocycles. The van der Waals surface area contributed by atoms with Crippen LogP contribution in [0.25, 0.3) is 0 Å². The third-order valence-electron chi connectivity index (χ3n) is 4.86. The largest absolute Gasteiger partial charge is 0.490 e. The summed E-state index contributed by atoms with van der Waals surface area (Å²) in [6, 6.07) is 11.2. The van der Waals surface area contributed by atoms with E-state index in [9.17, 15) is 13.2 Å². The van der Waals surface area contributed by atoms with Gasteiger partial charge >= 0.3 is 0 Å². The summed E-state index contributed by atoms with van der Waals surface area (Å²) >= 11 is 11.9. The summed E-state index contributed by atoms with van der Waals surface area (Å²) in [5.41, 5.74) is 0.444. The molecule has 3 rings (SSSR count). The molecule has 0 atom stereocenters. The molecular weight excluding hydrogens is 463 g/mol. The number of para-hydroxylation sites is 1. The van der Waals surface area contributed by atoms with Crippen LogP contribution < -0.4 is 4.74 Å². The van der Waals surface area contributed by atoms with Gasteiger partial charge < -0.3 is 14.4 Å². The normalized spacial score (nSPS) is 15.1. The van der Waals surface area contributed by atoms with Crippen LogP contribution in [0.5, 0.6) is 5.75 Å². The second kappa shape index (κ2) is 10.7. The molecule has 0 N–H and O–H groups in total. The molecule has 1 fully saturated rings. The Morgan fingerprint density at radius 2 is 1.71 bits per heavy atom. The summed E-state index contributed by atoms with van der Waals surface area (Å²) in [6.07, 6.45) is 0. The number of hydrogen-bond donors (Lipinski definition) is 0. The Morgan fingerprint density at radius 1 is 1.00 bits per heavy atom. The SMILES string of the molecule is CCOCCOc1ccccc1C(=O)N1CCN(S(=O)(=O)c2ccc(Cl)c(Cl)c2)CC1. The third kappa shape index (κ3) is 5.70. The third-order valence-corrected chi connectivity index (χ3v) is 7.50. The van der Waals surface area contributed by atoms with Crippen molar-refractivity contribution in [3.05, 3.63) is 58.1 Å². The average molecular weight is 487 g/mol. The number of nitrogens with zero attached hydrogens (tertiary/aromatic N) is 2. The topological polar surface area (TPSA) is 76.2 Å². The van der Waals surface area contributed by atoms with Crippen molar-refractivity contribution in [2.24, 2.45) is 0 Å². The first kappa shape index (κ1) is 23.8. The van der Waals surface area contributed by atoms with Crippen LogP contribution in [0.2, 0.25) is 10.0 Å². The van der Waals surface area contributed by atoms with E-state index in [1.54, 1.807) is 29.2 Å². The van der Waals surface area contributed by atoms with E-state index in [-0.39, 0.29) is 47.0 Å². The van der Waals surface area contributed by atoms with E-state index in [2.05, 4.69) is 0 Å². The van der Waals surface area contributed by atoms with Gasteiger partial charge in [0.1, 0.15) is 12.4 Å². The first-order valence-corrected chi connectivity index (χ1v) is 12.1. The van der Waals surface area contributed by atoms with Crippen LogP contribution in [0.4, 0.5) is 0 Å². The number of benzene rings is 2. The second-order valence-corrected chi connectivity index (χ2v) is 9.57. The van der Waals surface area contributed by atoms with E-state index in [1.807, 2.05) is 6.92 Å². The van der Waals surface area contributed by atoms with E-state index in [0.717, 1.165) is 0 Å². The Kier molecular flexibility index (Phi) is 8.18. The molecule has 0 aliphatic carbocycles. The van der Waals surface area contributed by atoms with E-state index in [0.29, 0.717) is 31.1 Å². The summed E-state index contributed by atoms with van der Waals surface area (Å²) in [5.74, 6) is 0.289. The molecule has 0 aromatic heterocycles. The van der Waals surface area contributed by atoms with Crippen LogP contribution in [0.15, 0.2) is 47.4 Å². The zero-order valence-electron chi connectivity index (χ0n) is 17.1. The second-order valence-electron chi connectivity index (χ2n) is 6.81. The number of piperazine rings is 1. The number of carbonyl (C=O) groups excluding carboxylic acids is 1. The minimum atomic E-state index is -3.73. The van der Waals surface area contributed by atoms with Crippen molar-refractivity contribution in [2.45, 2.75) is 11.8 Å². The standard InChI is InChI=1S/C21H24Cl2N2O5S/c1-2-29-13-14-30-20-6-4-3-5-17(20)21(26)24-9-11-25(12-10-24)31(27,28)16-7-8-18(22)19(23)15-16/h3-8,15H,2,9-14H2,1H3. The van der Waals surface area contributed by atoms with Crippen molar-refractivity contribution < 1.29 is 22.7 Å². The van der Waals surface area contributed by atoms with Gasteiger partial charge in [0, 0.05) is 32.8 Å². The number of halogens is 2. The first-order valence-electron chi connectivity index (χ1n) is 9.88. The molecule has 2 aromatic rings. The summed E-state index contributed by atoms with van der Waals surface area (Å²) in [7, 11) is -3.73. The fraction of sp³-hybridized carbons (Fsp3) is 0.381. The molecular formula is C21H24Cl2N2O5S. The molecule has 1 aliphatic heterocycles. The van der Waals surface area contributed by atoms with Crippen molar-refractivity contribution in [1.82, 2.24) is 9.21 Å². The van der Waals surface area contributed by atoms with Crippen molar-refractivity contribution >= 4 is 39.1 Å². The molecule has 1 saturated heterocycles. The van der Waals surface area contributed by atoms with Crippen LogP contribution in [-0.4, -0.2) is 69.5 Å². The highest BCUT2D eigenvalue weighted by molar-refractivity contribution is 7.89. The smallest absolute Gasteiger partial charge is 0.257 e. The minimum Gasteiger partial charge on any atom is -0.490 e. The lowest BCUT2D eigenvalue weighted by Gasteiger charge is -2.34. The van der Waals surface area contributed by atoms with Crippen molar-refractivity contribution in [3.8, 4) is 5.75 Å². The Labute approximate surface area is 192 Å². The Bertz CT molecular complexity index is 1020. The molecule has 10 heteroatoms. The van der Waals surface area contributed by atoms with E-state index >= 15 is 0 Å². The van der Waals surface area contributed by atoms with Crippen LogP contribution in [0.3, 0.4) is 0 Å². The van der Waals surface area contributed by atoms with Crippen molar-refractivity contribution in [2.75, 3.05) is 46.0 Å². The average Bonchev–Trinajstić information content (AvgIpc) is 2.78. The van der Waals surface area contributed by atoms with Gasteiger partial charge in [0.25, 0.3) is 5.91 Å². The monoisotopic (exact) mass is 486 g/mol.